The molecule has 0 unspecified atom stereocenters. The molecule has 7 heteroatoms. The van der Waals surface area contributed by atoms with Gasteiger partial charge in [0, 0.05) is 12.7 Å². The second-order valence-corrected chi connectivity index (χ2v) is 4.16. The average molecular weight is 314 g/mol. The second-order valence-electron chi connectivity index (χ2n) is 4.16. The summed E-state index contributed by atoms with van der Waals surface area (Å²) in [6, 6.07) is 5.83. The average Bonchev–Trinajstić information content (AvgIpc) is 2.45. The lowest BCUT2D eigenvalue weighted by Gasteiger charge is -2.09. The molecule has 0 aromatic heterocycles. The van der Waals surface area contributed by atoms with Crippen LogP contribution in [-0.4, -0.2) is 38.7 Å². The van der Waals surface area contributed by atoms with E-state index in [0.29, 0.717) is 0 Å². The zero-order valence-electron chi connectivity index (χ0n) is 12.2. The monoisotopic (exact) mass is 314 g/mol. The van der Waals surface area contributed by atoms with E-state index in [1.165, 1.54) is 32.2 Å². The fraction of sp³-hybridized carbons (Fsp3) is 0.333. The van der Waals surface area contributed by atoms with Crippen LogP contribution in [0.3, 0.4) is 0 Å². The number of halogens is 2. The van der Waals surface area contributed by atoms with Gasteiger partial charge in [0.25, 0.3) is 0 Å². The molecule has 1 rings (SSSR count). The van der Waals surface area contributed by atoms with Crippen LogP contribution in [0.1, 0.15) is 12.5 Å². The summed E-state index contributed by atoms with van der Waals surface area (Å²) in [5.41, 5.74) is -0.0851. The summed E-state index contributed by atoms with van der Waals surface area (Å²) >= 11 is 0. The molecule has 1 aromatic carbocycles. The minimum atomic E-state index is -3.01. The molecule has 0 aliphatic heterocycles. The molecule has 0 saturated carbocycles. The zero-order chi connectivity index (χ0) is 16.5. The van der Waals surface area contributed by atoms with Crippen LogP contribution in [0, 0.1) is 0 Å². The van der Waals surface area contributed by atoms with Gasteiger partial charge in [0.05, 0.1) is 6.61 Å². The van der Waals surface area contributed by atoms with Gasteiger partial charge in [-0.15, -0.1) is 0 Å². The number of para-hydroxylation sites is 1. The van der Waals surface area contributed by atoms with Gasteiger partial charge in [0.15, 0.2) is 5.78 Å². The van der Waals surface area contributed by atoms with Crippen LogP contribution in [0.5, 0.6) is 5.75 Å². The largest absolute Gasteiger partial charge is 0.460 e. The van der Waals surface area contributed by atoms with E-state index in [1.807, 2.05) is 0 Å². The molecule has 0 spiro atoms. The Labute approximate surface area is 126 Å². The summed E-state index contributed by atoms with van der Waals surface area (Å²) in [5, 5.41) is 0. The first-order chi connectivity index (χ1) is 10.5. The van der Waals surface area contributed by atoms with Crippen LogP contribution < -0.4 is 4.74 Å². The molecular weight excluding hydrogens is 298 g/mol. The SMILES string of the molecule is COCCOC(=O)C(=Cc1ccccc1OC(F)F)C(C)=O. The molecule has 0 fully saturated rings. The van der Waals surface area contributed by atoms with Crippen LogP contribution in [0.15, 0.2) is 29.8 Å². The number of carbonyl (C=O) groups excluding carboxylic acids is 2. The first-order valence-corrected chi connectivity index (χ1v) is 6.38. The van der Waals surface area contributed by atoms with E-state index in [4.69, 9.17) is 9.47 Å². The minimum absolute atomic E-state index is 0.0187. The van der Waals surface area contributed by atoms with Gasteiger partial charge in [-0.1, -0.05) is 18.2 Å². The number of rotatable bonds is 8. The lowest BCUT2D eigenvalue weighted by Crippen LogP contribution is -2.16. The van der Waals surface area contributed by atoms with Crippen molar-refractivity contribution >= 4 is 17.8 Å². The number of carbonyl (C=O) groups is 2. The molecule has 5 nitrogen and oxygen atoms in total. The van der Waals surface area contributed by atoms with Crippen molar-refractivity contribution in [2.24, 2.45) is 0 Å². The fourth-order valence-electron chi connectivity index (χ4n) is 1.56. The van der Waals surface area contributed by atoms with Crippen LogP contribution in [0.2, 0.25) is 0 Å². The van der Waals surface area contributed by atoms with Gasteiger partial charge in [-0.2, -0.15) is 8.78 Å². The van der Waals surface area contributed by atoms with Crippen molar-refractivity contribution < 1.29 is 32.6 Å². The van der Waals surface area contributed by atoms with Crippen LogP contribution in [0.4, 0.5) is 8.78 Å². The molecule has 0 radical (unpaired) electrons. The lowest BCUT2D eigenvalue weighted by molar-refractivity contribution is -0.141. The van der Waals surface area contributed by atoms with Gasteiger partial charge in [-0.05, 0) is 19.1 Å². The van der Waals surface area contributed by atoms with Crippen LogP contribution >= 0.6 is 0 Å². The molecule has 120 valence electrons. The standard InChI is InChI=1S/C15H16F2O5/c1-10(18)12(14(19)21-8-7-20-2)9-11-5-3-4-6-13(11)22-15(16)17/h3-6,9,15H,7-8H2,1-2H3. The number of ketones is 1. The highest BCUT2D eigenvalue weighted by atomic mass is 19.3. The van der Waals surface area contributed by atoms with Crippen molar-refractivity contribution in [3.63, 3.8) is 0 Å². The zero-order valence-corrected chi connectivity index (χ0v) is 12.2. The van der Waals surface area contributed by atoms with Crippen molar-refractivity contribution in [1.29, 1.82) is 0 Å². The molecular formula is C15H16F2O5. The van der Waals surface area contributed by atoms with Crippen molar-refractivity contribution in [1.82, 2.24) is 0 Å². The summed E-state index contributed by atoms with van der Waals surface area (Å²) in [5.74, 6) is -1.54. The number of ether oxygens (including phenoxy) is 3. The fourth-order valence-corrected chi connectivity index (χ4v) is 1.56. The molecule has 0 atom stereocenters. The molecule has 0 heterocycles. The molecule has 0 N–H and O–H groups in total. The Morgan fingerprint density at radius 1 is 1.23 bits per heavy atom. The van der Waals surface area contributed by atoms with E-state index in [9.17, 15) is 18.4 Å². The van der Waals surface area contributed by atoms with Crippen molar-refractivity contribution in [3.05, 3.63) is 35.4 Å². The van der Waals surface area contributed by atoms with Gasteiger partial charge in [0.1, 0.15) is 17.9 Å². The van der Waals surface area contributed by atoms with Crippen LogP contribution in [-0.2, 0) is 19.1 Å². The number of esters is 1. The maximum atomic E-state index is 12.3. The number of hydrogen-bond acceptors (Lipinski definition) is 5. The number of alkyl halides is 2. The first kappa shape index (κ1) is 17.8. The first-order valence-electron chi connectivity index (χ1n) is 6.38. The summed E-state index contributed by atoms with van der Waals surface area (Å²) in [4.78, 5) is 23.4. The van der Waals surface area contributed by atoms with Gasteiger partial charge >= 0.3 is 12.6 Å². The Morgan fingerprint density at radius 3 is 2.50 bits per heavy atom. The third-order valence-electron chi connectivity index (χ3n) is 2.55. The molecule has 0 aliphatic carbocycles. The highest BCUT2D eigenvalue weighted by Gasteiger charge is 2.17. The predicted molar refractivity (Wildman–Crippen MR) is 74.6 cm³/mol. The van der Waals surface area contributed by atoms with Crippen LogP contribution in [0.25, 0.3) is 6.08 Å². The maximum Gasteiger partial charge on any atom is 0.387 e. The molecule has 0 bridgehead atoms. The normalized spacial score (nSPS) is 11.4. The van der Waals surface area contributed by atoms with E-state index in [2.05, 4.69) is 4.74 Å². The number of hydrogen-bond donors (Lipinski definition) is 0. The van der Waals surface area contributed by atoms with Crippen molar-refractivity contribution in [2.45, 2.75) is 13.5 Å². The Balaban J connectivity index is 3.03. The second kappa shape index (κ2) is 8.89. The summed E-state index contributed by atoms with van der Waals surface area (Å²) in [6.07, 6.45) is 1.16. The summed E-state index contributed by atoms with van der Waals surface area (Å²) < 4.78 is 38.6. The van der Waals surface area contributed by atoms with Gasteiger partial charge in [-0.3, -0.25) is 4.79 Å². The third-order valence-corrected chi connectivity index (χ3v) is 2.55. The lowest BCUT2D eigenvalue weighted by atomic mass is 10.1. The van der Waals surface area contributed by atoms with Crippen molar-refractivity contribution in [3.8, 4) is 5.75 Å². The Kier molecular flexibility index (Phi) is 7.18. The highest BCUT2D eigenvalue weighted by Crippen LogP contribution is 2.23. The van der Waals surface area contributed by atoms with E-state index in [1.54, 1.807) is 6.07 Å². The molecule has 22 heavy (non-hydrogen) atoms. The molecule has 1 aromatic rings. The van der Waals surface area contributed by atoms with E-state index >= 15 is 0 Å². The van der Waals surface area contributed by atoms with Gasteiger partial charge < -0.3 is 14.2 Å². The van der Waals surface area contributed by atoms with Gasteiger partial charge in [-0.25, -0.2) is 4.79 Å². The Hall–Kier alpha value is -2.28. The quantitative estimate of drug-likeness (QED) is 0.242. The number of methoxy groups -OCH3 is 1. The topological polar surface area (TPSA) is 61.8 Å². The van der Waals surface area contributed by atoms with E-state index in [-0.39, 0.29) is 30.1 Å². The predicted octanol–water partition coefficient (Wildman–Crippen LogP) is 2.45. The Bertz CT molecular complexity index is 555. The molecule has 0 saturated heterocycles. The number of Topliss-reactive ketones (excluding diaryl/α,β-unsaturated/α-hetero) is 1. The molecule has 0 aliphatic rings. The summed E-state index contributed by atoms with van der Waals surface area (Å²) in [6.45, 7) is -1.67. The molecule has 0 amide bonds. The highest BCUT2D eigenvalue weighted by molar-refractivity contribution is 6.19. The number of benzene rings is 1. The van der Waals surface area contributed by atoms with Gasteiger partial charge in [0.2, 0.25) is 0 Å². The minimum Gasteiger partial charge on any atom is -0.460 e. The van der Waals surface area contributed by atoms with E-state index in [0.717, 1.165) is 6.08 Å². The third kappa shape index (κ3) is 5.61. The Morgan fingerprint density at radius 2 is 1.91 bits per heavy atom. The smallest absolute Gasteiger partial charge is 0.387 e. The van der Waals surface area contributed by atoms with Crippen molar-refractivity contribution in [2.75, 3.05) is 20.3 Å². The van der Waals surface area contributed by atoms with E-state index < -0.39 is 18.4 Å². The summed E-state index contributed by atoms with van der Waals surface area (Å²) in [7, 11) is 1.44. The maximum absolute atomic E-state index is 12.3.